The van der Waals surface area contributed by atoms with Crippen LogP contribution < -0.4 is 5.32 Å². The van der Waals surface area contributed by atoms with E-state index in [9.17, 15) is 18.0 Å². The van der Waals surface area contributed by atoms with E-state index < -0.39 is 17.8 Å². The number of hydrogen-bond donors (Lipinski definition) is 1. The summed E-state index contributed by atoms with van der Waals surface area (Å²) in [6.07, 6.45) is -4.50. The fraction of sp³-hybridized carbons (Fsp3) is 0.364. The molecule has 0 spiro atoms. The van der Waals surface area contributed by atoms with Gasteiger partial charge in [0.05, 0.1) is 5.56 Å². The molecule has 7 heteroatoms. The van der Waals surface area contributed by atoms with Gasteiger partial charge >= 0.3 is 12.2 Å². The minimum absolute atomic E-state index is 0.0140. The summed E-state index contributed by atoms with van der Waals surface area (Å²) in [4.78, 5) is 12.8. The van der Waals surface area contributed by atoms with Gasteiger partial charge in [-0.3, -0.25) is 0 Å². The second kappa shape index (κ2) is 5.48. The zero-order valence-electron chi connectivity index (χ0n) is 9.81. The minimum Gasteiger partial charge on any atom is -0.328 e. The van der Waals surface area contributed by atoms with E-state index in [1.807, 2.05) is 0 Å². The fourth-order valence-electron chi connectivity index (χ4n) is 1.19. The molecule has 18 heavy (non-hydrogen) atoms. The zero-order chi connectivity index (χ0) is 13.9. The lowest BCUT2D eigenvalue weighted by Crippen LogP contribution is -2.31. The molecule has 0 saturated heterocycles. The van der Waals surface area contributed by atoms with Gasteiger partial charge in [-0.15, -0.1) is 0 Å². The van der Waals surface area contributed by atoms with Crippen LogP contribution in [0.3, 0.4) is 0 Å². The Morgan fingerprint density at radius 2 is 2.00 bits per heavy atom. The Balaban J connectivity index is 2.97. The third kappa shape index (κ3) is 3.80. The van der Waals surface area contributed by atoms with Crippen LogP contribution in [0, 0.1) is 0 Å². The number of rotatable bonds is 2. The predicted molar refractivity (Wildman–Crippen MR) is 63.8 cm³/mol. The summed E-state index contributed by atoms with van der Waals surface area (Å²) >= 11 is 5.59. The van der Waals surface area contributed by atoms with E-state index in [1.165, 1.54) is 18.0 Å². The lowest BCUT2D eigenvalue weighted by atomic mass is 10.2. The Kier molecular flexibility index (Phi) is 4.45. The minimum atomic E-state index is -4.50. The van der Waals surface area contributed by atoms with Crippen molar-refractivity contribution in [3.8, 4) is 0 Å². The van der Waals surface area contributed by atoms with Gasteiger partial charge in [0, 0.05) is 24.3 Å². The van der Waals surface area contributed by atoms with Crippen molar-refractivity contribution in [1.82, 2.24) is 4.90 Å². The number of amides is 2. The van der Waals surface area contributed by atoms with Crippen molar-refractivity contribution >= 4 is 23.3 Å². The molecule has 0 aliphatic heterocycles. The first-order valence-electron chi connectivity index (χ1n) is 5.14. The highest BCUT2D eigenvalue weighted by atomic mass is 35.5. The van der Waals surface area contributed by atoms with E-state index in [-0.39, 0.29) is 10.7 Å². The standard InChI is InChI=1S/C11H12ClF3N2O/c1-3-17(2)10(18)16-9-5-7(11(13,14)15)4-8(12)6-9/h4-6H,3H2,1-2H3,(H,16,18). The third-order valence-electron chi connectivity index (χ3n) is 2.30. The van der Waals surface area contributed by atoms with Crippen LogP contribution in [-0.2, 0) is 6.18 Å². The Bertz CT molecular complexity index is 448. The molecule has 0 fully saturated rings. The topological polar surface area (TPSA) is 32.3 Å². The van der Waals surface area contributed by atoms with Crippen LogP contribution in [-0.4, -0.2) is 24.5 Å². The van der Waals surface area contributed by atoms with Crippen LogP contribution in [0.1, 0.15) is 12.5 Å². The average molecular weight is 281 g/mol. The summed E-state index contributed by atoms with van der Waals surface area (Å²) in [5.74, 6) is 0. The van der Waals surface area contributed by atoms with E-state index in [0.29, 0.717) is 6.54 Å². The largest absolute Gasteiger partial charge is 0.416 e. The fourth-order valence-corrected chi connectivity index (χ4v) is 1.42. The number of carbonyl (C=O) groups excluding carboxylic acids is 1. The molecule has 100 valence electrons. The third-order valence-corrected chi connectivity index (χ3v) is 2.52. The van der Waals surface area contributed by atoms with Crippen LogP contribution in [0.15, 0.2) is 18.2 Å². The molecule has 0 heterocycles. The van der Waals surface area contributed by atoms with Crippen molar-refractivity contribution in [3.63, 3.8) is 0 Å². The average Bonchev–Trinajstić information content (AvgIpc) is 2.25. The number of anilines is 1. The van der Waals surface area contributed by atoms with Crippen LogP contribution >= 0.6 is 11.6 Å². The van der Waals surface area contributed by atoms with Gasteiger partial charge in [-0.05, 0) is 25.1 Å². The molecule has 3 nitrogen and oxygen atoms in total. The maximum atomic E-state index is 12.5. The monoisotopic (exact) mass is 280 g/mol. The molecule has 0 atom stereocenters. The number of benzene rings is 1. The highest BCUT2D eigenvalue weighted by Crippen LogP contribution is 2.33. The lowest BCUT2D eigenvalue weighted by molar-refractivity contribution is -0.137. The summed E-state index contributed by atoms with van der Waals surface area (Å²) in [5.41, 5.74) is -0.885. The molecule has 0 radical (unpaired) electrons. The number of halogens is 4. The first kappa shape index (κ1) is 14.6. The molecular weight excluding hydrogens is 269 g/mol. The molecule has 2 amide bonds. The SMILES string of the molecule is CCN(C)C(=O)Nc1cc(Cl)cc(C(F)(F)F)c1. The van der Waals surface area contributed by atoms with Gasteiger partial charge in [-0.1, -0.05) is 11.6 Å². The second-order valence-electron chi connectivity index (χ2n) is 3.67. The van der Waals surface area contributed by atoms with Gasteiger partial charge in [0.15, 0.2) is 0 Å². The summed E-state index contributed by atoms with van der Waals surface area (Å²) in [6, 6.07) is 2.42. The van der Waals surface area contributed by atoms with Crippen molar-refractivity contribution in [2.75, 3.05) is 18.9 Å². The lowest BCUT2D eigenvalue weighted by Gasteiger charge is -2.16. The van der Waals surface area contributed by atoms with Crippen molar-refractivity contribution in [3.05, 3.63) is 28.8 Å². The maximum absolute atomic E-state index is 12.5. The molecule has 0 bridgehead atoms. The van der Waals surface area contributed by atoms with Gasteiger partial charge in [0.25, 0.3) is 0 Å². The van der Waals surface area contributed by atoms with Crippen LogP contribution in [0.5, 0.6) is 0 Å². The number of urea groups is 1. The molecule has 1 aromatic rings. The highest BCUT2D eigenvalue weighted by molar-refractivity contribution is 6.31. The smallest absolute Gasteiger partial charge is 0.328 e. The van der Waals surface area contributed by atoms with Crippen LogP contribution in [0.2, 0.25) is 5.02 Å². The van der Waals surface area contributed by atoms with Crippen molar-refractivity contribution in [1.29, 1.82) is 0 Å². The first-order valence-corrected chi connectivity index (χ1v) is 5.51. The Morgan fingerprint density at radius 1 is 1.39 bits per heavy atom. The Labute approximate surface area is 108 Å². The van der Waals surface area contributed by atoms with E-state index in [4.69, 9.17) is 11.6 Å². The number of carbonyl (C=O) groups is 1. The molecule has 1 N–H and O–H groups in total. The summed E-state index contributed by atoms with van der Waals surface area (Å²) in [7, 11) is 1.53. The summed E-state index contributed by atoms with van der Waals surface area (Å²) in [5, 5.41) is 2.26. The molecule has 0 aliphatic carbocycles. The first-order chi connectivity index (χ1) is 8.24. The normalized spacial score (nSPS) is 11.2. The van der Waals surface area contributed by atoms with Crippen LogP contribution in [0.25, 0.3) is 0 Å². The van der Waals surface area contributed by atoms with E-state index in [1.54, 1.807) is 6.92 Å². The number of nitrogens with one attached hydrogen (secondary N) is 1. The molecule has 0 unspecified atom stereocenters. The van der Waals surface area contributed by atoms with Crippen molar-refractivity contribution in [2.45, 2.75) is 13.1 Å². The van der Waals surface area contributed by atoms with E-state index in [0.717, 1.165) is 12.1 Å². The van der Waals surface area contributed by atoms with Gasteiger partial charge in [-0.2, -0.15) is 13.2 Å². The molecule has 0 aliphatic rings. The maximum Gasteiger partial charge on any atom is 0.416 e. The van der Waals surface area contributed by atoms with E-state index >= 15 is 0 Å². The number of nitrogens with zero attached hydrogens (tertiary/aromatic N) is 1. The van der Waals surface area contributed by atoms with Crippen LogP contribution in [0.4, 0.5) is 23.7 Å². The molecule has 1 aromatic carbocycles. The van der Waals surface area contributed by atoms with Crippen molar-refractivity contribution in [2.24, 2.45) is 0 Å². The number of hydrogen-bond acceptors (Lipinski definition) is 1. The van der Waals surface area contributed by atoms with Gasteiger partial charge < -0.3 is 10.2 Å². The molecule has 0 saturated carbocycles. The second-order valence-corrected chi connectivity index (χ2v) is 4.11. The molecular formula is C11H12ClF3N2O. The van der Waals surface area contributed by atoms with E-state index in [2.05, 4.69) is 5.32 Å². The summed E-state index contributed by atoms with van der Waals surface area (Å²) < 4.78 is 37.6. The molecule has 0 aromatic heterocycles. The van der Waals surface area contributed by atoms with Crippen molar-refractivity contribution < 1.29 is 18.0 Å². The quantitative estimate of drug-likeness (QED) is 0.877. The Morgan fingerprint density at radius 3 is 2.50 bits per heavy atom. The predicted octanol–water partition coefficient (Wildman–Crippen LogP) is 3.84. The van der Waals surface area contributed by atoms with Gasteiger partial charge in [-0.25, -0.2) is 4.79 Å². The highest BCUT2D eigenvalue weighted by Gasteiger charge is 2.31. The number of alkyl halides is 3. The summed E-state index contributed by atoms with van der Waals surface area (Å²) in [6.45, 7) is 2.19. The molecule has 1 rings (SSSR count). The van der Waals surface area contributed by atoms with Gasteiger partial charge in [0.2, 0.25) is 0 Å². The zero-order valence-corrected chi connectivity index (χ0v) is 10.6. The van der Waals surface area contributed by atoms with Gasteiger partial charge in [0.1, 0.15) is 0 Å². The Hall–Kier alpha value is -1.43.